The van der Waals surface area contributed by atoms with Crippen molar-refractivity contribution >= 4 is 11.6 Å². The van der Waals surface area contributed by atoms with E-state index in [1.54, 1.807) is 0 Å². The predicted octanol–water partition coefficient (Wildman–Crippen LogP) is 6.23. The molecule has 0 spiro atoms. The van der Waals surface area contributed by atoms with Gasteiger partial charge in [-0.1, -0.05) is 69.0 Å². The number of aryl methyl sites for hydroxylation is 1. The topological polar surface area (TPSA) is 35.6 Å². The fraction of sp³-hybridized carbons (Fsp3) is 0.452. The van der Waals surface area contributed by atoms with E-state index < -0.39 is 0 Å². The van der Waals surface area contributed by atoms with Gasteiger partial charge in [0.05, 0.1) is 0 Å². The number of nitrogens with zero attached hydrogens (tertiary/aromatic N) is 2. The molecule has 0 aromatic heterocycles. The van der Waals surface area contributed by atoms with Crippen molar-refractivity contribution in [2.24, 2.45) is 0 Å². The summed E-state index contributed by atoms with van der Waals surface area (Å²) < 4.78 is 0. The van der Waals surface area contributed by atoms with E-state index in [0.29, 0.717) is 12.3 Å². The first kappa shape index (κ1) is 25.2. The van der Waals surface area contributed by atoms with Gasteiger partial charge in [0.15, 0.2) is 0 Å². The van der Waals surface area contributed by atoms with Gasteiger partial charge in [-0.15, -0.1) is 0 Å². The van der Waals surface area contributed by atoms with Crippen molar-refractivity contribution in [3.05, 3.63) is 89.6 Å². The predicted molar refractivity (Wildman–Crippen MR) is 146 cm³/mol. The number of rotatable bonds is 10. The molecule has 0 saturated carbocycles. The SMILES string of the molecule is C=CNC(=O)CCC(C)N1Cc2cc(C3CCN(Cc4ccc(CCC)cc4)CC3)ccc2C1=C. The van der Waals surface area contributed by atoms with Crippen LogP contribution in [0.5, 0.6) is 0 Å². The Morgan fingerprint density at radius 2 is 1.86 bits per heavy atom. The molecule has 2 aromatic carbocycles. The Morgan fingerprint density at radius 1 is 1.14 bits per heavy atom. The number of amides is 1. The largest absolute Gasteiger partial charge is 0.364 e. The van der Waals surface area contributed by atoms with E-state index in [2.05, 4.69) is 84.6 Å². The van der Waals surface area contributed by atoms with Crippen LogP contribution in [0.1, 0.15) is 79.7 Å². The van der Waals surface area contributed by atoms with Crippen LogP contribution in [0.3, 0.4) is 0 Å². The summed E-state index contributed by atoms with van der Waals surface area (Å²) in [5.41, 5.74) is 8.07. The van der Waals surface area contributed by atoms with Crippen molar-refractivity contribution in [3.8, 4) is 0 Å². The minimum absolute atomic E-state index is 0.0244. The summed E-state index contributed by atoms with van der Waals surface area (Å²) in [7, 11) is 0. The standard InChI is InChI=1S/C31H41N3O/c1-5-7-25-9-11-26(12-10-25)21-33-18-16-27(17-19-33)28-13-14-30-24(4)34(22-29(30)20-28)23(3)8-15-31(35)32-6-2/h6,9-14,20,23,27H,2,4-5,7-8,15-19,21-22H2,1,3H3,(H,32,35). The Morgan fingerprint density at radius 3 is 2.54 bits per heavy atom. The molecular weight excluding hydrogens is 430 g/mol. The molecule has 186 valence electrons. The zero-order valence-electron chi connectivity index (χ0n) is 21.6. The third-order valence-corrected chi connectivity index (χ3v) is 7.74. The molecule has 1 amide bonds. The molecule has 1 saturated heterocycles. The molecule has 2 aromatic rings. The van der Waals surface area contributed by atoms with E-state index in [1.807, 2.05) is 0 Å². The average molecular weight is 472 g/mol. The van der Waals surface area contributed by atoms with E-state index in [0.717, 1.165) is 38.3 Å². The molecule has 4 heteroatoms. The number of hydrogen-bond acceptors (Lipinski definition) is 3. The molecule has 1 atom stereocenters. The second-order valence-corrected chi connectivity index (χ2v) is 10.3. The van der Waals surface area contributed by atoms with Crippen LogP contribution in [0.15, 0.2) is 61.8 Å². The van der Waals surface area contributed by atoms with Crippen molar-refractivity contribution in [2.45, 2.75) is 77.4 Å². The van der Waals surface area contributed by atoms with Crippen molar-refractivity contribution in [3.63, 3.8) is 0 Å². The number of piperidine rings is 1. The summed E-state index contributed by atoms with van der Waals surface area (Å²) in [6.45, 7) is 16.6. The lowest BCUT2D eigenvalue weighted by molar-refractivity contribution is -0.120. The second kappa shape index (κ2) is 11.7. The molecule has 1 fully saturated rings. The van der Waals surface area contributed by atoms with Crippen LogP contribution in [0.4, 0.5) is 0 Å². The highest BCUT2D eigenvalue weighted by Crippen LogP contribution is 2.37. The molecule has 2 aliphatic rings. The smallest absolute Gasteiger partial charge is 0.223 e. The van der Waals surface area contributed by atoms with Gasteiger partial charge in [-0.2, -0.15) is 0 Å². The average Bonchev–Trinajstić information content (AvgIpc) is 3.20. The minimum atomic E-state index is 0.0244. The molecule has 2 aliphatic heterocycles. The zero-order chi connectivity index (χ0) is 24.8. The van der Waals surface area contributed by atoms with Crippen molar-refractivity contribution < 1.29 is 4.79 Å². The molecule has 4 rings (SSSR count). The first-order valence-electron chi connectivity index (χ1n) is 13.3. The summed E-state index contributed by atoms with van der Waals surface area (Å²) in [5, 5.41) is 2.67. The van der Waals surface area contributed by atoms with Gasteiger partial charge >= 0.3 is 0 Å². The second-order valence-electron chi connectivity index (χ2n) is 10.3. The Labute approximate surface area is 211 Å². The Kier molecular flexibility index (Phi) is 8.46. The van der Waals surface area contributed by atoms with Crippen LogP contribution < -0.4 is 5.32 Å². The summed E-state index contributed by atoms with van der Waals surface area (Å²) in [6, 6.07) is 16.5. The number of nitrogens with one attached hydrogen (secondary N) is 1. The highest BCUT2D eigenvalue weighted by atomic mass is 16.1. The first-order valence-corrected chi connectivity index (χ1v) is 13.3. The van der Waals surface area contributed by atoms with E-state index in [4.69, 9.17) is 0 Å². The number of carbonyl (C=O) groups excluding carboxylic acids is 1. The number of hydrogen-bond donors (Lipinski definition) is 1. The Bertz CT molecular complexity index is 1030. The maximum Gasteiger partial charge on any atom is 0.223 e. The third-order valence-electron chi connectivity index (χ3n) is 7.74. The van der Waals surface area contributed by atoms with E-state index >= 15 is 0 Å². The van der Waals surface area contributed by atoms with Crippen LogP contribution in [0.2, 0.25) is 0 Å². The van der Waals surface area contributed by atoms with Gasteiger partial charge in [0.1, 0.15) is 0 Å². The lowest BCUT2D eigenvalue weighted by atomic mass is 9.87. The van der Waals surface area contributed by atoms with Gasteiger partial charge in [-0.3, -0.25) is 9.69 Å². The lowest BCUT2D eigenvalue weighted by Crippen LogP contribution is -2.32. The van der Waals surface area contributed by atoms with Crippen LogP contribution in [-0.2, 0) is 24.3 Å². The summed E-state index contributed by atoms with van der Waals surface area (Å²) in [6.07, 6.45) is 7.56. The Balaban J connectivity index is 1.30. The highest BCUT2D eigenvalue weighted by Gasteiger charge is 2.28. The lowest BCUT2D eigenvalue weighted by Gasteiger charge is -2.32. The van der Waals surface area contributed by atoms with Crippen molar-refractivity contribution in [1.82, 2.24) is 15.1 Å². The van der Waals surface area contributed by atoms with Crippen LogP contribution in [-0.4, -0.2) is 34.8 Å². The molecule has 35 heavy (non-hydrogen) atoms. The van der Waals surface area contributed by atoms with Crippen LogP contribution >= 0.6 is 0 Å². The van der Waals surface area contributed by atoms with Gasteiger partial charge in [0.25, 0.3) is 0 Å². The molecule has 2 heterocycles. The first-order chi connectivity index (χ1) is 17.0. The Hall–Kier alpha value is -2.85. The normalized spacial score (nSPS) is 17.3. The number of benzene rings is 2. The van der Waals surface area contributed by atoms with Gasteiger partial charge in [0.2, 0.25) is 5.91 Å². The number of carbonyl (C=O) groups is 1. The summed E-state index contributed by atoms with van der Waals surface area (Å²) in [4.78, 5) is 16.8. The molecule has 4 nitrogen and oxygen atoms in total. The molecule has 1 N–H and O–H groups in total. The van der Waals surface area contributed by atoms with Crippen molar-refractivity contribution in [2.75, 3.05) is 13.1 Å². The van der Waals surface area contributed by atoms with Gasteiger partial charge in [-0.05, 0) is 80.1 Å². The maximum atomic E-state index is 11.8. The molecule has 0 radical (unpaired) electrons. The maximum absolute atomic E-state index is 11.8. The highest BCUT2D eigenvalue weighted by molar-refractivity contribution is 5.77. The quantitative estimate of drug-likeness (QED) is 0.446. The zero-order valence-corrected chi connectivity index (χ0v) is 21.6. The van der Waals surface area contributed by atoms with Crippen LogP contribution in [0.25, 0.3) is 5.70 Å². The monoisotopic (exact) mass is 471 g/mol. The molecule has 0 bridgehead atoms. The fourth-order valence-corrected chi connectivity index (χ4v) is 5.60. The number of fused-ring (bicyclic) bond motifs is 1. The van der Waals surface area contributed by atoms with Crippen molar-refractivity contribution in [1.29, 1.82) is 0 Å². The number of likely N-dealkylation sites (tertiary alicyclic amines) is 1. The van der Waals surface area contributed by atoms with Crippen LogP contribution in [0, 0.1) is 0 Å². The fourth-order valence-electron chi connectivity index (χ4n) is 5.60. The summed E-state index contributed by atoms with van der Waals surface area (Å²) in [5.74, 6) is 0.655. The van der Waals surface area contributed by atoms with E-state index in [9.17, 15) is 4.79 Å². The van der Waals surface area contributed by atoms with E-state index in [-0.39, 0.29) is 11.9 Å². The summed E-state index contributed by atoms with van der Waals surface area (Å²) >= 11 is 0. The molecule has 0 aliphatic carbocycles. The molecular formula is C31H41N3O. The van der Waals surface area contributed by atoms with Gasteiger partial charge < -0.3 is 10.2 Å². The van der Waals surface area contributed by atoms with Gasteiger partial charge in [-0.25, -0.2) is 0 Å². The van der Waals surface area contributed by atoms with E-state index in [1.165, 1.54) is 59.7 Å². The molecule has 1 unspecified atom stereocenters. The third kappa shape index (κ3) is 6.24. The minimum Gasteiger partial charge on any atom is -0.364 e. The van der Waals surface area contributed by atoms with Gasteiger partial charge in [0, 0.05) is 36.8 Å².